The summed E-state index contributed by atoms with van der Waals surface area (Å²) in [4.78, 5) is 4.15. The van der Waals surface area contributed by atoms with Gasteiger partial charge in [-0.25, -0.2) is 18.4 Å². The van der Waals surface area contributed by atoms with Gasteiger partial charge in [-0.15, -0.1) is 0 Å². The molecular weight excluding hydrogens is 248 g/mol. The minimum absolute atomic E-state index is 0.189. The molecule has 0 N–H and O–H groups in total. The molecular formula is C14H11F2N3. The molecule has 1 aliphatic rings. The van der Waals surface area contributed by atoms with Gasteiger partial charge in [-0.2, -0.15) is 5.10 Å². The lowest BCUT2D eigenvalue weighted by molar-refractivity contribution is 0.573. The number of halogens is 2. The summed E-state index contributed by atoms with van der Waals surface area (Å²) >= 11 is 0. The Morgan fingerprint density at radius 2 is 2.05 bits per heavy atom. The number of nitrogens with zero attached hydrogens (tertiary/aromatic N) is 3. The van der Waals surface area contributed by atoms with Gasteiger partial charge in [-0.1, -0.05) is 18.2 Å². The summed E-state index contributed by atoms with van der Waals surface area (Å²) in [5.41, 5.74) is 1.08. The zero-order valence-corrected chi connectivity index (χ0v) is 10.1. The van der Waals surface area contributed by atoms with Crippen molar-refractivity contribution in [3.8, 4) is 5.69 Å². The van der Waals surface area contributed by atoms with Gasteiger partial charge in [-0.05, 0) is 25.0 Å². The normalized spacial score (nSPS) is 14.5. The van der Waals surface area contributed by atoms with E-state index in [4.69, 9.17) is 0 Å². The Bertz CT molecular complexity index is 671. The smallest absolute Gasteiger partial charge is 0.162 e. The number of benzene rings is 1. The molecule has 0 spiro atoms. The van der Waals surface area contributed by atoms with Crippen LogP contribution in [0.5, 0.6) is 0 Å². The molecule has 1 aromatic carbocycles. The van der Waals surface area contributed by atoms with E-state index in [0.29, 0.717) is 5.82 Å². The summed E-state index contributed by atoms with van der Waals surface area (Å²) in [6.07, 6.45) is 9.28. The SMILES string of the molecule is Fc1ccc(-n2ncnc2C2=CCCC=C2)c(F)c1. The molecule has 0 amide bonds. The van der Waals surface area contributed by atoms with Crippen LogP contribution in [0, 0.1) is 11.6 Å². The van der Waals surface area contributed by atoms with Gasteiger partial charge in [0.25, 0.3) is 0 Å². The average Bonchev–Trinajstić information content (AvgIpc) is 2.89. The van der Waals surface area contributed by atoms with E-state index in [-0.39, 0.29) is 5.69 Å². The molecule has 19 heavy (non-hydrogen) atoms. The molecule has 1 aromatic heterocycles. The van der Waals surface area contributed by atoms with Crippen LogP contribution in [0.1, 0.15) is 18.7 Å². The van der Waals surface area contributed by atoms with E-state index in [0.717, 1.165) is 24.5 Å². The topological polar surface area (TPSA) is 30.7 Å². The van der Waals surface area contributed by atoms with Crippen molar-refractivity contribution < 1.29 is 8.78 Å². The van der Waals surface area contributed by atoms with Crippen molar-refractivity contribution in [2.24, 2.45) is 0 Å². The van der Waals surface area contributed by atoms with Crippen LogP contribution in [0.4, 0.5) is 8.78 Å². The van der Waals surface area contributed by atoms with Crippen LogP contribution in [0.15, 0.2) is 42.8 Å². The van der Waals surface area contributed by atoms with Crippen LogP contribution >= 0.6 is 0 Å². The van der Waals surface area contributed by atoms with E-state index in [1.54, 1.807) is 0 Å². The summed E-state index contributed by atoms with van der Waals surface area (Å²) in [6.45, 7) is 0. The molecule has 1 heterocycles. The Kier molecular flexibility index (Phi) is 2.95. The van der Waals surface area contributed by atoms with E-state index in [1.807, 2.05) is 18.2 Å². The molecule has 0 radical (unpaired) electrons. The molecule has 0 bridgehead atoms. The molecule has 0 aliphatic heterocycles. The zero-order chi connectivity index (χ0) is 13.2. The van der Waals surface area contributed by atoms with Crippen LogP contribution in [0.25, 0.3) is 11.3 Å². The first-order valence-electron chi connectivity index (χ1n) is 5.98. The molecule has 3 rings (SSSR count). The second-order valence-electron chi connectivity index (χ2n) is 4.23. The summed E-state index contributed by atoms with van der Waals surface area (Å²) in [7, 11) is 0. The highest BCUT2D eigenvalue weighted by Gasteiger charge is 2.14. The summed E-state index contributed by atoms with van der Waals surface area (Å²) < 4.78 is 28.1. The van der Waals surface area contributed by atoms with Gasteiger partial charge >= 0.3 is 0 Å². The van der Waals surface area contributed by atoms with Crippen molar-refractivity contribution in [2.75, 3.05) is 0 Å². The minimum Gasteiger partial charge on any atom is -0.215 e. The van der Waals surface area contributed by atoms with E-state index < -0.39 is 11.6 Å². The number of allylic oxidation sites excluding steroid dienone is 4. The van der Waals surface area contributed by atoms with Crippen molar-refractivity contribution in [1.82, 2.24) is 14.8 Å². The van der Waals surface area contributed by atoms with E-state index >= 15 is 0 Å². The van der Waals surface area contributed by atoms with Crippen molar-refractivity contribution in [1.29, 1.82) is 0 Å². The predicted octanol–water partition coefficient (Wildman–Crippen LogP) is 3.28. The number of hydrogen-bond donors (Lipinski definition) is 0. The molecule has 3 nitrogen and oxygen atoms in total. The van der Waals surface area contributed by atoms with Gasteiger partial charge in [-0.3, -0.25) is 0 Å². The summed E-state index contributed by atoms with van der Waals surface area (Å²) in [5.74, 6) is -0.715. The first-order valence-corrected chi connectivity index (χ1v) is 5.98. The number of rotatable bonds is 2. The zero-order valence-electron chi connectivity index (χ0n) is 10.1. The van der Waals surface area contributed by atoms with E-state index in [2.05, 4.69) is 10.1 Å². The lowest BCUT2D eigenvalue weighted by Gasteiger charge is -2.09. The van der Waals surface area contributed by atoms with Gasteiger partial charge in [0, 0.05) is 11.6 Å². The summed E-state index contributed by atoms with van der Waals surface area (Å²) in [5, 5.41) is 4.02. The highest BCUT2D eigenvalue weighted by Crippen LogP contribution is 2.23. The van der Waals surface area contributed by atoms with E-state index in [1.165, 1.54) is 23.1 Å². The summed E-state index contributed by atoms with van der Waals surface area (Å²) in [6, 6.07) is 3.40. The van der Waals surface area contributed by atoms with Crippen molar-refractivity contribution >= 4 is 5.57 Å². The third kappa shape index (κ3) is 2.19. The third-order valence-corrected chi connectivity index (χ3v) is 2.94. The monoisotopic (exact) mass is 259 g/mol. The van der Waals surface area contributed by atoms with Crippen LogP contribution in [-0.2, 0) is 0 Å². The first kappa shape index (κ1) is 11.8. The molecule has 0 unspecified atom stereocenters. The highest BCUT2D eigenvalue weighted by molar-refractivity contribution is 5.71. The predicted molar refractivity (Wildman–Crippen MR) is 67.6 cm³/mol. The Hall–Kier alpha value is -2.30. The number of aromatic nitrogens is 3. The molecule has 0 fully saturated rings. The fraction of sp³-hybridized carbons (Fsp3) is 0.143. The molecule has 5 heteroatoms. The van der Waals surface area contributed by atoms with Gasteiger partial charge in [0.2, 0.25) is 0 Å². The molecule has 0 saturated heterocycles. The van der Waals surface area contributed by atoms with Gasteiger partial charge in [0.1, 0.15) is 17.8 Å². The van der Waals surface area contributed by atoms with Crippen molar-refractivity contribution in [3.05, 3.63) is 60.2 Å². The lowest BCUT2D eigenvalue weighted by atomic mass is 10.1. The second-order valence-corrected chi connectivity index (χ2v) is 4.23. The fourth-order valence-corrected chi connectivity index (χ4v) is 2.05. The molecule has 0 atom stereocenters. The maximum absolute atomic E-state index is 13.8. The lowest BCUT2D eigenvalue weighted by Crippen LogP contribution is -2.05. The van der Waals surface area contributed by atoms with Crippen LogP contribution in [-0.4, -0.2) is 14.8 Å². The molecule has 0 saturated carbocycles. The van der Waals surface area contributed by atoms with E-state index in [9.17, 15) is 8.78 Å². The maximum Gasteiger partial charge on any atom is 0.162 e. The Morgan fingerprint density at radius 3 is 2.79 bits per heavy atom. The second kappa shape index (κ2) is 4.76. The van der Waals surface area contributed by atoms with Gasteiger partial charge in [0.15, 0.2) is 11.6 Å². The largest absolute Gasteiger partial charge is 0.215 e. The van der Waals surface area contributed by atoms with Gasteiger partial charge < -0.3 is 0 Å². The fourth-order valence-electron chi connectivity index (χ4n) is 2.05. The van der Waals surface area contributed by atoms with Crippen LogP contribution in [0.3, 0.4) is 0 Å². The first-order chi connectivity index (χ1) is 9.25. The minimum atomic E-state index is -0.660. The molecule has 2 aromatic rings. The highest BCUT2D eigenvalue weighted by atomic mass is 19.1. The third-order valence-electron chi connectivity index (χ3n) is 2.94. The standard InChI is InChI=1S/C14H11F2N3/c15-11-6-7-13(12(16)8-11)19-14(17-9-18-19)10-4-2-1-3-5-10/h2,4-9H,1,3H2. The Labute approximate surface area is 108 Å². The molecule has 1 aliphatic carbocycles. The van der Waals surface area contributed by atoms with Crippen LogP contribution in [0.2, 0.25) is 0 Å². The quantitative estimate of drug-likeness (QED) is 0.828. The van der Waals surface area contributed by atoms with Gasteiger partial charge in [0.05, 0.1) is 0 Å². The van der Waals surface area contributed by atoms with Crippen molar-refractivity contribution in [3.63, 3.8) is 0 Å². The number of hydrogen-bond acceptors (Lipinski definition) is 2. The van der Waals surface area contributed by atoms with Crippen molar-refractivity contribution in [2.45, 2.75) is 12.8 Å². The molecule has 96 valence electrons. The van der Waals surface area contributed by atoms with Crippen LogP contribution < -0.4 is 0 Å². The maximum atomic E-state index is 13.8. The average molecular weight is 259 g/mol. The Balaban J connectivity index is 2.09. The Morgan fingerprint density at radius 1 is 1.16 bits per heavy atom.